The third-order valence-corrected chi connectivity index (χ3v) is 6.25. The molecule has 2 atom stereocenters. The predicted molar refractivity (Wildman–Crippen MR) is 127 cm³/mol. The summed E-state index contributed by atoms with van der Waals surface area (Å²) in [5.74, 6) is 0.875. The van der Waals surface area contributed by atoms with E-state index in [4.69, 9.17) is 11.6 Å². The maximum absolute atomic E-state index is 13.1. The number of amides is 2. The van der Waals surface area contributed by atoms with E-state index >= 15 is 0 Å². The van der Waals surface area contributed by atoms with Crippen LogP contribution in [0.2, 0.25) is 5.02 Å². The highest BCUT2D eigenvalue weighted by Gasteiger charge is 2.26. The highest BCUT2D eigenvalue weighted by Crippen LogP contribution is 2.18. The molecule has 2 aromatic rings. The largest absolute Gasteiger partial charge is 0.352 e. The van der Waals surface area contributed by atoms with E-state index in [1.807, 2.05) is 63.2 Å². The van der Waals surface area contributed by atoms with Crippen molar-refractivity contribution in [3.05, 3.63) is 70.2 Å². The van der Waals surface area contributed by atoms with Gasteiger partial charge < -0.3 is 10.2 Å². The van der Waals surface area contributed by atoms with Gasteiger partial charge in [0.15, 0.2) is 0 Å². The molecule has 162 valence electrons. The molecule has 2 rings (SSSR count). The molecule has 0 aliphatic carbocycles. The van der Waals surface area contributed by atoms with E-state index < -0.39 is 6.04 Å². The van der Waals surface area contributed by atoms with E-state index in [1.54, 1.807) is 23.6 Å². The lowest BCUT2D eigenvalue weighted by Crippen LogP contribution is -2.50. The lowest BCUT2D eigenvalue weighted by atomic mass is 10.1. The number of benzene rings is 2. The fourth-order valence-electron chi connectivity index (χ4n) is 2.98. The summed E-state index contributed by atoms with van der Waals surface area (Å²) in [5, 5.41) is 3.70. The van der Waals surface area contributed by atoms with Crippen LogP contribution in [0, 0.1) is 6.92 Å². The standard InChI is InChI=1S/C24H31ClN2O2S/c1-5-18(3)26-24(29)19(4)27(14-21-8-6-7-17(2)13-21)23(28)16-30-15-20-9-11-22(25)12-10-20/h6-13,18-19H,5,14-16H2,1-4H3,(H,26,29)/t18-,19+/m0/s1. The van der Waals surface area contributed by atoms with Gasteiger partial charge in [-0.2, -0.15) is 0 Å². The zero-order valence-electron chi connectivity index (χ0n) is 18.2. The maximum Gasteiger partial charge on any atom is 0.242 e. The second-order valence-electron chi connectivity index (χ2n) is 7.62. The van der Waals surface area contributed by atoms with E-state index in [0.717, 1.165) is 23.1 Å². The van der Waals surface area contributed by atoms with Crippen molar-refractivity contribution in [3.63, 3.8) is 0 Å². The molecule has 2 aromatic carbocycles. The Bertz CT molecular complexity index is 841. The third-order valence-electron chi connectivity index (χ3n) is 5.01. The van der Waals surface area contributed by atoms with Crippen LogP contribution < -0.4 is 5.32 Å². The minimum atomic E-state index is -0.539. The Morgan fingerprint density at radius 3 is 2.43 bits per heavy atom. The minimum Gasteiger partial charge on any atom is -0.352 e. The fraction of sp³-hybridized carbons (Fsp3) is 0.417. The van der Waals surface area contributed by atoms with Gasteiger partial charge in [-0.05, 0) is 50.5 Å². The lowest BCUT2D eigenvalue weighted by Gasteiger charge is -2.29. The van der Waals surface area contributed by atoms with E-state index in [-0.39, 0.29) is 17.9 Å². The first-order valence-corrected chi connectivity index (χ1v) is 11.8. The van der Waals surface area contributed by atoms with Crippen molar-refractivity contribution in [1.82, 2.24) is 10.2 Å². The Morgan fingerprint density at radius 2 is 1.80 bits per heavy atom. The average Bonchev–Trinajstić information content (AvgIpc) is 2.72. The Labute approximate surface area is 189 Å². The molecular weight excluding hydrogens is 416 g/mol. The van der Waals surface area contributed by atoms with E-state index in [0.29, 0.717) is 23.1 Å². The molecule has 1 N–H and O–H groups in total. The molecule has 0 bridgehead atoms. The summed E-state index contributed by atoms with van der Waals surface area (Å²) in [7, 11) is 0. The molecule has 0 aliphatic heterocycles. The molecule has 30 heavy (non-hydrogen) atoms. The number of thioether (sulfide) groups is 1. The predicted octanol–water partition coefficient (Wildman–Crippen LogP) is 5.21. The van der Waals surface area contributed by atoms with E-state index in [9.17, 15) is 9.59 Å². The molecule has 2 amide bonds. The number of carbonyl (C=O) groups is 2. The van der Waals surface area contributed by atoms with Gasteiger partial charge in [-0.1, -0.05) is 60.5 Å². The lowest BCUT2D eigenvalue weighted by molar-refractivity contribution is -0.138. The molecule has 0 spiro atoms. The van der Waals surface area contributed by atoms with Gasteiger partial charge in [-0.15, -0.1) is 11.8 Å². The van der Waals surface area contributed by atoms with Crippen molar-refractivity contribution in [2.45, 2.75) is 58.5 Å². The highest BCUT2D eigenvalue weighted by molar-refractivity contribution is 7.99. The maximum atomic E-state index is 13.1. The average molecular weight is 447 g/mol. The van der Waals surface area contributed by atoms with Crippen molar-refractivity contribution >= 4 is 35.2 Å². The number of hydrogen-bond acceptors (Lipinski definition) is 3. The summed E-state index contributed by atoms with van der Waals surface area (Å²) in [5.41, 5.74) is 3.27. The molecule has 0 fully saturated rings. The normalized spacial score (nSPS) is 12.8. The van der Waals surface area contributed by atoms with Crippen molar-refractivity contribution in [3.8, 4) is 0 Å². The SMILES string of the molecule is CC[C@H](C)NC(=O)[C@@H](C)N(Cc1cccc(C)c1)C(=O)CSCc1ccc(Cl)cc1. The van der Waals surface area contributed by atoms with Gasteiger partial charge >= 0.3 is 0 Å². The summed E-state index contributed by atoms with van der Waals surface area (Å²) in [6.45, 7) is 8.24. The van der Waals surface area contributed by atoms with E-state index in [1.165, 1.54) is 0 Å². The Kier molecular flexibility index (Phi) is 9.73. The van der Waals surface area contributed by atoms with Crippen LogP contribution in [-0.2, 0) is 21.9 Å². The summed E-state index contributed by atoms with van der Waals surface area (Å²) in [6, 6.07) is 15.2. The summed E-state index contributed by atoms with van der Waals surface area (Å²) < 4.78 is 0. The highest BCUT2D eigenvalue weighted by atomic mass is 35.5. The van der Waals surface area contributed by atoms with Crippen LogP contribution >= 0.6 is 23.4 Å². The first-order chi connectivity index (χ1) is 14.3. The number of carbonyl (C=O) groups excluding carboxylic acids is 2. The van der Waals surface area contributed by atoms with Crippen molar-refractivity contribution < 1.29 is 9.59 Å². The van der Waals surface area contributed by atoms with Crippen molar-refractivity contribution in [2.75, 3.05) is 5.75 Å². The molecule has 0 heterocycles. The number of hydrogen-bond donors (Lipinski definition) is 1. The van der Waals surface area contributed by atoms with Crippen LogP contribution in [0.15, 0.2) is 48.5 Å². The van der Waals surface area contributed by atoms with Crippen LogP contribution in [0.1, 0.15) is 43.9 Å². The number of rotatable bonds is 10. The molecule has 0 saturated heterocycles. The topological polar surface area (TPSA) is 49.4 Å². The summed E-state index contributed by atoms with van der Waals surface area (Å²) in [6.07, 6.45) is 0.848. The van der Waals surface area contributed by atoms with Gasteiger partial charge in [0.2, 0.25) is 11.8 Å². The second kappa shape index (κ2) is 12.0. The number of nitrogens with one attached hydrogen (secondary N) is 1. The Hall–Kier alpha value is -1.98. The molecule has 4 nitrogen and oxygen atoms in total. The van der Waals surface area contributed by atoms with Gasteiger partial charge in [0.05, 0.1) is 5.75 Å². The first kappa shape index (κ1) is 24.3. The van der Waals surface area contributed by atoms with Crippen molar-refractivity contribution in [2.24, 2.45) is 0 Å². The monoisotopic (exact) mass is 446 g/mol. The molecular formula is C24H31ClN2O2S. The quantitative estimate of drug-likeness (QED) is 0.544. The van der Waals surface area contributed by atoms with Gasteiger partial charge in [0.1, 0.15) is 6.04 Å². The third kappa shape index (κ3) is 7.69. The fourth-order valence-corrected chi connectivity index (χ4v) is 3.97. The van der Waals surface area contributed by atoms with Crippen molar-refractivity contribution in [1.29, 1.82) is 0 Å². The van der Waals surface area contributed by atoms with Gasteiger partial charge in [-0.3, -0.25) is 9.59 Å². The van der Waals surface area contributed by atoms with Crippen LogP contribution in [0.3, 0.4) is 0 Å². The zero-order chi connectivity index (χ0) is 22.1. The van der Waals surface area contributed by atoms with Crippen LogP contribution in [0.4, 0.5) is 0 Å². The Balaban J connectivity index is 2.07. The minimum absolute atomic E-state index is 0.0396. The smallest absolute Gasteiger partial charge is 0.242 e. The van der Waals surface area contributed by atoms with Gasteiger partial charge in [0.25, 0.3) is 0 Å². The first-order valence-electron chi connectivity index (χ1n) is 10.3. The molecule has 0 radical (unpaired) electrons. The Morgan fingerprint density at radius 1 is 1.10 bits per heavy atom. The van der Waals surface area contributed by atoms with Crippen LogP contribution in [0.5, 0.6) is 0 Å². The number of halogens is 1. The molecule has 0 unspecified atom stereocenters. The number of aryl methyl sites for hydroxylation is 1. The second-order valence-corrected chi connectivity index (χ2v) is 9.05. The molecule has 0 saturated carbocycles. The summed E-state index contributed by atoms with van der Waals surface area (Å²) >= 11 is 7.48. The molecule has 6 heteroatoms. The van der Waals surface area contributed by atoms with Gasteiger partial charge in [-0.25, -0.2) is 0 Å². The molecule has 0 aromatic heterocycles. The van der Waals surface area contributed by atoms with Gasteiger partial charge in [0, 0.05) is 23.4 Å². The van der Waals surface area contributed by atoms with Crippen LogP contribution in [0.25, 0.3) is 0 Å². The zero-order valence-corrected chi connectivity index (χ0v) is 19.7. The molecule has 0 aliphatic rings. The van der Waals surface area contributed by atoms with E-state index in [2.05, 4.69) is 11.4 Å². The summed E-state index contributed by atoms with van der Waals surface area (Å²) in [4.78, 5) is 27.5. The number of nitrogens with zero attached hydrogens (tertiary/aromatic N) is 1. The van der Waals surface area contributed by atoms with Crippen LogP contribution in [-0.4, -0.2) is 34.6 Å².